The van der Waals surface area contributed by atoms with Gasteiger partial charge in [0.2, 0.25) is 5.91 Å². The molecule has 0 radical (unpaired) electrons. The van der Waals surface area contributed by atoms with Crippen molar-refractivity contribution in [2.75, 3.05) is 38.7 Å². The molecule has 4 aromatic rings. The number of benzene rings is 3. The molecule has 7 rings (SSSR count). The van der Waals surface area contributed by atoms with Gasteiger partial charge < -0.3 is 14.8 Å². The maximum atomic E-state index is 14.8. The quantitative estimate of drug-likeness (QED) is 0.367. The van der Waals surface area contributed by atoms with E-state index >= 15 is 0 Å². The topological polar surface area (TPSA) is 79.5 Å². The van der Waals surface area contributed by atoms with E-state index in [0.29, 0.717) is 25.3 Å². The van der Waals surface area contributed by atoms with E-state index in [4.69, 9.17) is 9.47 Å². The third kappa shape index (κ3) is 4.02. The molecule has 8 heteroatoms. The first kappa shape index (κ1) is 24.1. The largest absolute Gasteiger partial charge is 0.496 e. The van der Waals surface area contributed by atoms with Crippen LogP contribution in [0.3, 0.4) is 0 Å². The highest BCUT2D eigenvalue weighted by Gasteiger charge is 2.65. The number of H-pyrrole nitrogens is 1. The molecule has 1 aliphatic carbocycles. The Morgan fingerprint density at radius 3 is 2.82 bits per heavy atom. The number of nitrogens with zero attached hydrogens (tertiary/aromatic N) is 2. The van der Waals surface area contributed by atoms with E-state index in [0.717, 1.165) is 64.2 Å². The Bertz CT molecular complexity index is 1620. The summed E-state index contributed by atoms with van der Waals surface area (Å²) in [5.41, 5.74) is 5.46. The van der Waals surface area contributed by atoms with Crippen molar-refractivity contribution in [3.05, 3.63) is 88.4 Å². The normalized spacial score (nSPS) is 22.5. The zero-order valence-corrected chi connectivity index (χ0v) is 21.7. The van der Waals surface area contributed by atoms with Crippen molar-refractivity contribution >= 4 is 34.6 Å². The van der Waals surface area contributed by atoms with Gasteiger partial charge in [0.1, 0.15) is 11.6 Å². The Morgan fingerprint density at radius 2 is 2.00 bits per heavy atom. The molecule has 1 saturated heterocycles. The highest BCUT2D eigenvalue weighted by atomic mass is 19.1. The third-order valence-electron chi connectivity index (χ3n) is 8.35. The molecule has 198 valence electrons. The summed E-state index contributed by atoms with van der Waals surface area (Å²) in [6.07, 6.45) is 4.49. The number of rotatable bonds is 6. The molecular formula is C31H29FN4O3. The van der Waals surface area contributed by atoms with Crippen molar-refractivity contribution < 1.29 is 18.7 Å². The van der Waals surface area contributed by atoms with Gasteiger partial charge in [-0.05, 0) is 47.9 Å². The Hall–Kier alpha value is -4.01. The number of carbonyl (C=O) groups is 1. The predicted octanol–water partition coefficient (Wildman–Crippen LogP) is 5.09. The van der Waals surface area contributed by atoms with Crippen LogP contribution in [0.5, 0.6) is 5.75 Å². The fourth-order valence-electron chi connectivity index (χ4n) is 6.15. The molecule has 1 saturated carbocycles. The molecule has 0 unspecified atom stereocenters. The molecule has 2 fully saturated rings. The van der Waals surface area contributed by atoms with Gasteiger partial charge in [-0.15, -0.1) is 0 Å². The molecular weight excluding hydrogens is 495 g/mol. The molecule has 0 bridgehead atoms. The second-order valence-corrected chi connectivity index (χ2v) is 10.5. The van der Waals surface area contributed by atoms with Crippen LogP contribution in [0.25, 0.3) is 23.1 Å². The number of halogens is 1. The van der Waals surface area contributed by atoms with Crippen molar-refractivity contribution in [1.82, 2.24) is 15.1 Å². The van der Waals surface area contributed by atoms with Gasteiger partial charge >= 0.3 is 0 Å². The van der Waals surface area contributed by atoms with Gasteiger partial charge in [0.25, 0.3) is 0 Å². The first-order valence-corrected chi connectivity index (χ1v) is 13.3. The van der Waals surface area contributed by atoms with Gasteiger partial charge in [0.15, 0.2) is 0 Å². The number of methoxy groups -OCH3 is 1. The number of amides is 1. The maximum Gasteiger partial charge on any atom is 0.235 e. The summed E-state index contributed by atoms with van der Waals surface area (Å²) in [6, 6.07) is 17.3. The SMILES string of the molecule is COc1cc2c(/C=C/c3ccc(CN4CCOCC4)c(F)c3)n[nH]c2cc1[C@@H]1C[C@@]12C(=O)Nc1ccccc12. The summed E-state index contributed by atoms with van der Waals surface area (Å²) in [4.78, 5) is 15.2. The second kappa shape index (κ2) is 9.32. The molecule has 1 spiro atoms. The van der Waals surface area contributed by atoms with Gasteiger partial charge in [-0.3, -0.25) is 14.8 Å². The molecule has 2 N–H and O–H groups in total. The number of aromatic amines is 1. The van der Waals surface area contributed by atoms with Crippen LogP contribution in [0, 0.1) is 5.82 Å². The van der Waals surface area contributed by atoms with Crippen LogP contribution in [0.15, 0.2) is 54.6 Å². The van der Waals surface area contributed by atoms with Gasteiger partial charge in [0.05, 0.1) is 36.9 Å². The number of carbonyl (C=O) groups excluding carboxylic acids is 1. The minimum Gasteiger partial charge on any atom is -0.496 e. The second-order valence-electron chi connectivity index (χ2n) is 10.5. The molecule has 3 aliphatic rings. The summed E-state index contributed by atoms with van der Waals surface area (Å²) in [5.74, 6) is 0.600. The minimum absolute atomic E-state index is 0.0294. The van der Waals surface area contributed by atoms with Gasteiger partial charge in [-0.2, -0.15) is 5.10 Å². The van der Waals surface area contributed by atoms with Crippen molar-refractivity contribution in [2.45, 2.75) is 24.3 Å². The smallest absolute Gasteiger partial charge is 0.235 e. The Labute approximate surface area is 225 Å². The lowest BCUT2D eigenvalue weighted by atomic mass is 9.91. The standard InChI is InChI=1S/C31H29FN4O3/c1-38-29-16-22-26(9-7-19-6-8-20(25(32)14-19)18-36-10-12-39-13-11-36)34-35-28(22)15-21(29)24-17-31(24)23-4-2-3-5-27(23)33-30(31)37/h2-9,14-16,24H,10-13,17-18H2,1H3,(H,33,37)(H,34,35)/b9-7+/t24-,31-/m0/s1. The van der Waals surface area contributed by atoms with E-state index in [1.807, 2.05) is 60.7 Å². The fourth-order valence-corrected chi connectivity index (χ4v) is 6.15. The average Bonchev–Trinajstić information content (AvgIpc) is 3.49. The van der Waals surface area contributed by atoms with Crippen LogP contribution in [0.1, 0.15) is 40.3 Å². The van der Waals surface area contributed by atoms with Crippen molar-refractivity contribution in [3.8, 4) is 5.75 Å². The third-order valence-corrected chi connectivity index (χ3v) is 8.35. The van der Waals surface area contributed by atoms with Crippen molar-refractivity contribution in [1.29, 1.82) is 0 Å². The van der Waals surface area contributed by atoms with E-state index in [2.05, 4.69) is 20.4 Å². The molecule has 7 nitrogen and oxygen atoms in total. The summed E-state index contributed by atoms with van der Waals surface area (Å²) in [7, 11) is 1.65. The van der Waals surface area contributed by atoms with E-state index in [-0.39, 0.29) is 17.6 Å². The summed E-state index contributed by atoms with van der Waals surface area (Å²) < 4.78 is 26.0. The first-order chi connectivity index (χ1) is 19.1. The van der Waals surface area contributed by atoms with E-state index in [1.165, 1.54) is 0 Å². The lowest BCUT2D eigenvalue weighted by molar-refractivity contribution is -0.118. The highest BCUT2D eigenvalue weighted by Crippen LogP contribution is 2.66. The highest BCUT2D eigenvalue weighted by molar-refractivity contribution is 6.10. The molecule has 3 heterocycles. The van der Waals surface area contributed by atoms with Gasteiger partial charge in [0, 0.05) is 47.8 Å². The summed E-state index contributed by atoms with van der Waals surface area (Å²) >= 11 is 0. The number of para-hydroxylation sites is 1. The Kier molecular flexibility index (Phi) is 5.75. The van der Waals surface area contributed by atoms with Crippen LogP contribution >= 0.6 is 0 Å². The molecule has 2 aliphatic heterocycles. The number of ether oxygens (including phenoxy) is 2. The van der Waals surface area contributed by atoms with Crippen LogP contribution in [0.2, 0.25) is 0 Å². The number of nitrogens with one attached hydrogen (secondary N) is 2. The fraction of sp³-hybridized carbons (Fsp3) is 0.290. The number of hydrogen-bond donors (Lipinski definition) is 2. The van der Waals surface area contributed by atoms with Gasteiger partial charge in [-0.25, -0.2) is 4.39 Å². The zero-order valence-electron chi connectivity index (χ0n) is 21.7. The van der Waals surface area contributed by atoms with E-state index < -0.39 is 5.41 Å². The van der Waals surface area contributed by atoms with E-state index in [9.17, 15) is 9.18 Å². The molecule has 3 aromatic carbocycles. The van der Waals surface area contributed by atoms with Gasteiger partial charge in [-0.1, -0.05) is 36.4 Å². The first-order valence-electron chi connectivity index (χ1n) is 13.3. The van der Waals surface area contributed by atoms with Crippen LogP contribution in [-0.4, -0.2) is 54.4 Å². The number of morpholine rings is 1. The van der Waals surface area contributed by atoms with Crippen LogP contribution in [0.4, 0.5) is 10.1 Å². The van der Waals surface area contributed by atoms with Crippen LogP contribution < -0.4 is 10.1 Å². The predicted molar refractivity (Wildman–Crippen MR) is 148 cm³/mol. The molecule has 1 amide bonds. The number of anilines is 1. The monoisotopic (exact) mass is 524 g/mol. The lowest BCUT2D eigenvalue weighted by Gasteiger charge is -2.26. The average molecular weight is 525 g/mol. The molecule has 2 atom stereocenters. The lowest BCUT2D eigenvalue weighted by Crippen LogP contribution is -2.35. The molecule has 1 aromatic heterocycles. The Balaban J connectivity index is 1.14. The maximum absolute atomic E-state index is 14.8. The van der Waals surface area contributed by atoms with Crippen molar-refractivity contribution in [2.24, 2.45) is 0 Å². The van der Waals surface area contributed by atoms with Crippen LogP contribution in [-0.2, 0) is 21.5 Å². The van der Waals surface area contributed by atoms with E-state index in [1.54, 1.807) is 13.2 Å². The number of hydrogen-bond acceptors (Lipinski definition) is 5. The Morgan fingerprint density at radius 1 is 1.15 bits per heavy atom. The number of fused-ring (bicyclic) bond motifs is 3. The minimum atomic E-state index is -0.543. The molecule has 39 heavy (non-hydrogen) atoms. The van der Waals surface area contributed by atoms with Crippen molar-refractivity contribution in [3.63, 3.8) is 0 Å². The number of aromatic nitrogens is 2. The summed E-state index contributed by atoms with van der Waals surface area (Å²) in [5, 5.41) is 11.6. The summed E-state index contributed by atoms with van der Waals surface area (Å²) in [6.45, 7) is 3.61. The zero-order chi connectivity index (χ0) is 26.6.